The number of benzene rings is 2. The molecule has 0 atom stereocenters. The van der Waals surface area contributed by atoms with Crippen molar-refractivity contribution in [1.82, 2.24) is 4.40 Å². The van der Waals surface area contributed by atoms with Crippen LogP contribution in [0.1, 0.15) is 55.5 Å². The molecule has 144 valence electrons. The Labute approximate surface area is 164 Å². The third-order valence-electron chi connectivity index (χ3n) is 5.66. The van der Waals surface area contributed by atoms with Crippen molar-refractivity contribution in [3.8, 4) is 0 Å². The summed E-state index contributed by atoms with van der Waals surface area (Å²) in [6.07, 6.45) is 4.36. The zero-order chi connectivity index (χ0) is 20.5. The van der Waals surface area contributed by atoms with Crippen molar-refractivity contribution in [1.29, 1.82) is 0 Å². The maximum atomic E-state index is 2.37. The summed E-state index contributed by atoms with van der Waals surface area (Å²) >= 11 is 0. The molecule has 0 spiro atoms. The molecule has 0 saturated heterocycles. The Bertz CT molecular complexity index is 1110. The van der Waals surface area contributed by atoms with Crippen LogP contribution in [-0.4, -0.2) is 4.40 Å². The molecule has 0 fully saturated rings. The van der Waals surface area contributed by atoms with Gasteiger partial charge in [-0.15, -0.1) is 0 Å². The minimum Gasteiger partial charge on any atom is -0.232 e. The lowest BCUT2D eigenvalue weighted by Crippen LogP contribution is -2.26. The normalized spacial score (nSPS) is 10.6. The third-order valence-corrected chi connectivity index (χ3v) is 5.66. The SMILES string of the molecule is CC.CC.Cc1c(C)c(C)c2c(c1C)c1cccc(C)c1c1n2cc[n+]1C. The van der Waals surface area contributed by atoms with E-state index in [1.54, 1.807) is 0 Å². The molecule has 0 radical (unpaired) electrons. The van der Waals surface area contributed by atoms with Gasteiger partial charge >= 0.3 is 0 Å². The highest BCUT2D eigenvalue weighted by Crippen LogP contribution is 2.36. The van der Waals surface area contributed by atoms with Gasteiger partial charge in [0.15, 0.2) is 0 Å². The number of hydrogen-bond acceptors (Lipinski definition) is 0. The number of aryl methyl sites for hydroxylation is 4. The fourth-order valence-corrected chi connectivity index (χ4v) is 4.05. The Morgan fingerprint density at radius 1 is 0.741 bits per heavy atom. The Morgan fingerprint density at radius 3 is 1.96 bits per heavy atom. The molecular formula is C25H35N2+. The molecule has 2 heterocycles. The Morgan fingerprint density at radius 2 is 1.33 bits per heavy atom. The molecule has 0 aliphatic carbocycles. The van der Waals surface area contributed by atoms with Crippen LogP contribution in [0.15, 0.2) is 30.6 Å². The highest BCUT2D eigenvalue weighted by Gasteiger charge is 2.23. The smallest absolute Gasteiger partial charge is 0.232 e. The number of nitrogens with zero attached hydrogens (tertiary/aromatic N) is 2. The summed E-state index contributed by atoms with van der Waals surface area (Å²) in [6, 6.07) is 6.67. The third kappa shape index (κ3) is 3.01. The van der Waals surface area contributed by atoms with E-state index in [0.29, 0.717) is 0 Å². The van der Waals surface area contributed by atoms with Crippen LogP contribution in [0.4, 0.5) is 0 Å². The van der Waals surface area contributed by atoms with Crippen LogP contribution in [0, 0.1) is 34.6 Å². The number of hydrogen-bond donors (Lipinski definition) is 0. The fraction of sp³-hybridized carbons (Fsp3) is 0.400. The lowest BCUT2D eigenvalue weighted by atomic mass is 9.91. The minimum atomic E-state index is 1.27. The van der Waals surface area contributed by atoms with Gasteiger partial charge in [-0.1, -0.05) is 45.9 Å². The van der Waals surface area contributed by atoms with Gasteiger partial charge in [-0.3, -0.25) is 0 Å². The largest absolute Gasteiger partial charge is 0.294 e. The zero-order valence-electron chi connectivity index (χ0n) is 18.8. The molecule has 27 heavy (non-hydrogen) atoms. The average Bonchev–Trinajstić information content (AvgIpc) is 3.08. The van der Waals surface area contributed by atoms with Crippen LogP contribution in [0.5, 0.6) is 0 Å². The van der Waals surface area contributed by atoms with E-state index in [-0.39, 0.29) is 0 Å². The maximum absolute atomic E-state index is 2.37. The molecule has 0 aliphatic heterocycles. The van der Waals surface area contributed by atoms with Gasteiger partial charge in [0, 0.05) is 16.3 Å². The predicted octanol–water partition coefficient (Wildman–Crippen LogP) is 6.66. The number of fused-ring (bicyclic) bond motifs is 6. The molecule has 0 aliphatic rings. The molecule has 4 rings (SSSR count). The monoisotopic (exact) mass is 363 g/mol. The number of rotatable bonds is 0. The van der Waals surface area contributed by atoms with Crippen molar-refractivity contribution < 1.29 is 4.57 Å². The Kier molecular flexibility index (Phi) is 6.30. The van der Waals surface area contributed by atoms with Crippen molar-refractivity contribution >= 4 is 27.3 Å². The molecule has 0 N–H and O–H groups in total. The summed E-state index contributed by atoms with van der Waals surface area (Å²) < 4.78 is 4.61. The van der Waals surface area contributed by atoms with Gasteiger partial charge in [-0.25, -0.2) is 4.57 Å². The van der Waals surface area contributed by atoms with Crippen LogP contribution in [0.25, 0.3) is 27.3 Å². The van der Waals surface area contributed by atoms with Gasteiger partial charge < -0.3 is 0 Å². The van der Waals surface area contributed by atoms with Crippen LogP contribution >= 0.6 is 0 Å². The van der Waals surface area contributed by atoms with Gasteiger partial charge in [-0.05, 0) is 56.9 Å². The number of imidazole rings is 1. The van der Waals surface area contributed by atoms with Gasteiger partial charge in [0.05, 0.1) is 12.4 Å². The number of aromatic nitrogens is 2. The highest BCUT2D eigenvalue weighted by atomic mass is 15.1. The summed E-state index contributed by atoms with van der Waals surface area (Å²) in [5.41, 5.74) is 9.55. The lowest BCUT2D eigenvalue weighted by molar-refractivity contribution is -0.643. The molecule has 2 heteroatoms. The van der Waals surface area contributed by atoms with Crippen LogP contribution < -0.4 is 4.57 Å². The minimum absolute atomic E-state index is 1.27. The van der Waals surface area contributed by atoms with Gasteiger partial charge in [0.25, 0.3) is 5.65 Å². The fourth-order valence-electron chi connectivity index (χ4n) is 4.05. The second-order valence-corrected chi connectivity index (χ2v) is 6.82. The van der Waals surface area contributed by atoms with E-state index in [0.717, 1.165) is 0 Å². The van der Waals surface area contributed by atoms with Crippen molar-refractivity contribution in [3.63, 3.8) is 0 Å². The molecule has 2 nitrogen and oxygen atoms in total. The summed E-state index contributed by atoms with van der Waals surface area (Å²) in [4.78, 5) is 0. The van der Waals surface area contributed by atoms with Crippen molar-refractivity contribution in [3.05, 3.63) is 58.4 Å². The summed E-state index contributed by atoms with van der Waals surface area (Å²) in [5, 5.41) is 4.12. The highest BCUT2D eigenvalue weighted by molar-refractivity contribution is 6.14. The average molecular weight is 364 g/mol. The first-order chi connectivity index (χ1) is 12.9. The quantitative estimate of drug-likeness (QED) is 0.244. The molecular weight excluding hydrogens is 328 g/mol. The summed E-state index contributed by atoms with van der Waals surface area (Å²) in [5.74, 6) is 0. The lowest BCUT2D eigenvalue weighted by Gasteiger charge is -2.15. The molecule has 2 aromatic heterocycles. The maximum Gasteiger partial charge on any atom is 0.294 e. The second kappa shape index (κ2) is 8.12. The molecule has 0 amide bonds. The predicted molar refractivity (Wildman–Crippen MR) is 120 cm³/mol. The van der Waals surface area contributed by atoms with Crippen molar-refractivity contribution in [2.24, 2.45) is 7.05 Å². The Balaban J connectivity index is 0.000000614. The summed E-state index contributed by atoms with van der Waals surface area (Å²) in [7, 11) is 2.14. The number of pyridine rings is 1. The van der Waals surface area contributed by atoms with Crippen LogP contribution in [0.2, 0.25) is 0 Å². The van der Waals surface area contributed by atoms with Crippen molar-refractivity contribution in [2.75, 3.05) is 0 Å². The molecule has 0 bridgehead atoms. The van der Waals surface area contributed by atoms with Crippen LogP contribution in [0.3, 0.4) is 0 Å². The standard InChI is InChI=1S/C21H23N2.2C2H6/c1-12-8-7-9-17-18(12)21-22(6)10-11-23(21)20-16(5)14(3)13(2)15(4)19(17)20;2*1-2/h7-11H,1-6H3;2*1-2H3/q+1;;. The van der Waals surface area contributed by atoms with E-state index < -0.39 is 0 Å². The first-order valence-corrected chi connectivity index (χ1v) is 10.2. The summed E-state index contributed by atoms with van der Waals surface area (Å²) in [6.45, 7) is 19.2. The molecule has 4 aromatic rings. The first-order valence-electron chi connectivity index (χ1n) is 10.2. The van der Waals surface area contributed by atoms with Gasteiger partial charge in [-0.2, -0.15) is 4.40 Å². The Hall–Kier alpha value is -2.35. The first kappa shape index (κ1) is 21.0. The van der Waals surface area contributed by atoms with Crippen molar-refractivity contribution in [2.45, 2.75) is 62.3 Å². The van der Waals surface area contributed by atoms with E-state index in [4.69, 9.17) is 0 Å². The van der Waals surface area contributed by atoms with Gasteiger partial charge in [0.1, 0.15) is 17.9 Å². The van der Waals surface area contributed by atoms with E-state index >= 15 is 0 Å². The molecule has 2 aromatic carbocycles. The topological polar surface area (TPSA) is 8.29 Å². The van der Waals surface area contributed by atoms with Gasteiger partial charge in [0.2, 0.25) is 0 Å². The molecule has 0 unspecified atom stereocenters. The van der Waals surface area contributed by atoms with E-state index in [1.165, 1.54) is 55.1 Å². The molecule has 0 saturated carbocycles. The second-order valence-electron chi connectivity index (χ2n) is 6.82. The van der Waals surface area contributed by atoms with E-state index in [1.807, 2.05) is 27.7 Å². The zero-order valence-corrected chi connectivity index (χ0v) is 18.8. The van der Waals surface area contributed by atoms with Crippen LogP contribution in [-0.2, 0) is 7.05 Å². The van der Waals surface area contributed by atoms with E-state index in [2.05, 4.69) is 81.2 Å². The van der Waals surface area contributed by atoms with E-state index in [9.17, 15) is 0 Å².